The number of alkyl halides is 1. The van der Waals surface area contributed by atoms with Gasteiger partial charge in [0.05, 0.1) is 0 Å². The van der Waals surface area contributed by atoms with Gasteiger partial charge in [-0.15, -0.1) is 0 Å². The molecule has 1 atom stereocenters. The summed E-state index contributed by atoms with van der Waals surface area (Å²) < 4.78 is 0. The van der Waals surface area contributed by atoms with Gasteiger partial charge in [0.2, 0.25) is 0 Å². The zero-order chi connectivity index (χ0) is 10.7. The Labute approximate surface area is 103 Å². The van der Waals surface area contributed by atoms with Gasteiger partial charge in [-0.05, 0) is 41.3 Å². The van der Waals surface area contributed by atoms with Crippen LogP contribution in [0.4, 0.5) is 0 Å². The molecule has 2 rings (SSSR count). The van der Waals surface area contributed by atoms with Gasteiger partial charge < -0.3 is 0 Å². The van der Waals surface area contributed by atoms with Crippen molar-refractivity contribution in [3.63, 3.8) is 0 Å². The Morgan fingerprint density at radius 1 is 1.20 bits per heavy atom. The molecule has 1 aromatic carbocycles. The molecule has 0 aliphatic heterocycles. The highest BCUT2D eigenvalue weighted by Crippen LogP contribution is 2.27. The van der Waals surface area contributed by atoms with Gasteiger partial charge in [0, 0.05) is 4.83 Å². The average Bonchev–Trinajstić information content (AvgIpc) is 2.71. The van der Waals surface area contributed by atoms with E-state index in [0.29, 0.717) is 4.83 Å². The van der Waals surface area contributed by atoms with Crippen molar-refractivity contribution in [3.05, 3.63) is 57.8 Å². The molecule has 0 fully saturated rings. The molecule has 2 heteroatoms. The highest BCUT2D eigenvalue weighted by molar-refractivity contribution is 9.09. The third-order valence-corrected chi connectivity index (χ3v) is 4.02. The van der Waals surface area contributed by atoms with E-state index in [-0.39, 0.29) is 0 Å². The zero-order valence-electron chi connectivity index (χ0n) is 8.61. The predicted molar refractivity (Wildman–Crippen MR) is 70.9 cm³/mol. The van der Waals surface area contributed by atoms with Gasteiger partial charge in [0.25, 0.3) is 0 Å². The maximum atomic E-state index is 3.74. The largest absolute Gasteiger partial charge is 0.152 e. The molecule has 1 aromatic heterocycles. The number of rotatable bonds is 3. The molecule has 0 aliphatic carbocycles. The lowest BCUT2D eigenvalue weighted by molar-refractivity contribution is 0.953. The van der Waals surface area contributed by atoms with Crippen molar-refractivity contribution in [2.75, 3.05) is 0 Å². The molecule has 15 heavy (non-hydrogen) atoms. The highest BCUT2D eigenvalue weighted by Gasteiger charge is 2.08. The summed E-state index contributed by atoms with van der Waals surface area (Å²) in [7, 11) is 0. The molecule has 0 amide bonds. The predicted octanol–water partition coefficient (Wildman–Crippen LogP) is 4.74. The lowest BCUT2D eigenvalue weighted by Gasteiger charge is -2.09. The van der Waals surface area contributed by atoms with Crippen LogP contribution in [-0.2, 0) is 6.42 Å². The van der Waals surface area contributed by atoms with E-state index in [0.717, 1.165) is 6.42 Å². The Balaban J connectivity index is 2.08. The molecule has 0 N–H and O–H groups in total. The minimum Gasteiger partial charge on any atom is -0.152 e. The van der Waals surface area contributed by atoms with Crippen molar-refractivity contribution in [3.8, 4) is 0 Å². The Bertz CT molecular complexity index is 403. The molecule has 1 unspecified atom stereocenters. The summed E-state index contributed by atoms with van der Waals surface area (Å²) in [6.45, 7) is 2.12. The van der Waals surface area contributed by atoms with Gasteiger partial charge in [0.1, 0.15) is 0 Å². The van der Waals surface area contributed by atoms with Crippen LogP contribution < -0.4 is 0 Å². The molecular formula is C13H13BrS. The van der Waals surface area contributed by atoms with Crippen LogP contribution in [0, 0.1) is 6.92 Å². The first kappa shape index (κ1) is 10.9. The fraction of sp³-hybridized carbons (Fsp3) is 0.231. The summed E-state index contributed by atoms with van der Waals surface area (Å²) in [5, 5.41) is 4.34. The summed E-state index contributed by atoms with van der Waals surface area (Å²) in [5.74, 6) is 0. The molecule has 0 saturated heterocycles. The van der Waals surface area contributed by atoms with Gasteiger partial charge in [-0.25, -0.2) is 0 Å². The molecule has 1 heterocycles. The molecule has 0 aliphatic rings. The second-order valence-corrected chi connectivity index (χ2v) is 5.60. The van der Waals surface area contributed by atoms with E-state index in [2.05, 4.69) is 63.9 Å². The molecule has 78 valence electrons. The fourth-order valence-corrected chi connectivity index (χ4v) is 2.87. The van der Waals surface area contributed by atoms with E-state index >= 15 is 0 Å². The standard InChI is InChI=1S/C13H13BrS/c1-10-2-4-12(5-3-10)13(14)8-11-6-7-15-9-11/h2-7,9,13H,8H2,1H3. The van der Waals surface area contributed by atoms with Gasteiger partial charge in [0.15, 0.2) is 0 Å². The molecule has 0 bridgehead atoms. The van der Waals surface area contributed by atoms with Crippen LogP contribution in [-0.4, -0.2) is 0 Å². The van der Waals surface area contributed by atoms with Gasteiger partial charge >= 0.3 is 0 Å². The number of aryl methyl sites for hydroxylation is 1. The van der Waals surface area contributed by atoms with Crippen LogP contribution in [0.1, 0.15) is 21.5 Å². The first-order valence-corrected chi connectivity index (χ1v) is 6.83. The van der Waals surface area contributed by atoms with Crippen LogP contribution in [0.3, 0.4) is 0 Å². The minimum atomic E-state index is 0.424. The summed E-state index contributed by atoms with van der Waals surface area (Å²) in [6.07, 6.45) is 1.06. The van der Waals surface area contributed by atoms with Crippen LogP contribution >= 0.6 is 27.3 Å². The van der Waals surface area contributed by atoms with Crippen LogP contribution in [0.15, 0.2) is 41.1 Å². The van der Waals surface area contributed by atoms with E-state index in [4.69, 9.17) is 0 Å². The maximum Gasteiger partial charge on any atom is 0.0435 e. The molecule has 2 aromatic rings. The summed E-state index contributed by atoms with van der Waals surface area (Å²) in [6, 6.07) is 10.9. The van der Waals surface area contributed by atoms with E-state index in [1.165, 1.54) is 16.7 Å². The topological polar surface area (TPSA) is 0 Å². The lowest BCUT2D eigenvalue weighted by atomic mass is 10.1. The van der Waals surface area contributed by atoms with Crippen LogP contribution in [0.2, 0.25) is 0 Å². The Morgan fingerprint density at radius 2 is 1.93 bits per heavy atom. The second-order valence-electron chi connectivity index (χ2n) is 3.71. The van der Waals surface area contributed by atoms with E-state index < -0.39 is 0 Å². The Hall–Kier alpha value is -0.600. The van der Waals surface area contributed by atoms with E-state index in [1.54, 1.807) is 11.3 Å². The van der Waals surface area contributed by atoms with E-state index in [1.807, 2.05) is 0 Å². The fourth-order valence-electron chi connectivity index (χ4n) is 1.51. The van der Waals surface area contributed by atoms with E-state index in [9.17, 15) is 0 Å². The molecule has 0 spiro atoms. The highest BCUT2D eigenvalue weighted by atomic mass is 79.9. The van der Waals surface area contributed by atoms with Crippen molar-refractivity contribution >= 4 is 27.3 Å². The smallest absolute Gasteiger partial charge is 0.0435 e. The Kier molecular flexibility index (Phi) is 3.60. The van der Waals surface area contributed by atoms with Gasteiger partial charge in [-0.2, -0.15) is 11.3 Å². The molecular weight excluding hydrogens is 268 g/mol. The monoisotopic (exact) mass is 280 g/mol. The lowest BCUT2D eigenvalue weighted by Crippen LogP contribution is -1.93. The third-order valence-electron chi connectivity index (χ3n) is 2.43. The van der Waals surface area contributed by atoms with Crippen LogP contribution in [0.5, 0.6) is 0 Å². The zero-order valence-corrected chi connectivity index (χ0v) is 11.0. The summed E-state index contributed by atoms with van der Waals surface area (Å²) in [4.78, 5) is 0.424. The average molecular weight is 281 g/mol. The maximum absolute atomic E-state index is 3.74. The van der Waals surface area contributed by atoms with Crippen molar-refractivity contribution in [2.45, 2.75) is 18.2 Å². The molecule has 0 radical (unpaired) electrons. The minimum absolute atomic E-state index is 0.424. The molecule has 0 nitrogen and oxygen atoms in total. The number of hydrogen-bond acceptors (Lipinski definition) is 1. The number of halogens is 1. The van der Waals surface area contributed by atoms with Crippen molar-refractivity contribution in [2.24, 2.45) is 0 Å². The molecule has 0 saturated carbocycles. The van der Waals surface area contributed by atoms with Crippen molar-refractivity contribution < 1.29 is 0 Å². The number of hydrogen-bond donors (Lipinski definition) is 0. The first-order chi connectivity index (χ1) is 7.25. The summed E-state index contributed by atoms with van der Waals surface area (Å²) in [5.41, 5.74) is 4.07. The Morgan fingerprint density at radius 3 is 2.53 bits per heavy atom. The second kappa shape index (κ2) is 4.95. The quantitative estimate of drug-likeness (QED) is 0.713. The summed E-state index contributed by atoms with van der Waals surface area (Å²) >= 11 is 5.49. The number of thiophene rings is 1. The van der Waals surface area contributed by atoms with Crippen LogP contribution in [0.25, 0.3) is 0 Å². The first-order valence-electron chi connectivity index (χ1n) is 4.97. The number of benzene rings is 1. The SMILES string of the molecule is Cc1ccc(C(Br)Cc2ccsc2)cc1. The van der Waals surface area contributed by atoms with Crippen molar-refractivity contribution in [1.82, 2.24) is 0 Å². The van der Waals surface area contributed by atoms with Gasteiger partial charge in [-0.3, -0.25) is 0 Å². The van der Waals surface area contributed by atoms with Gasteiger partial charge in [-0.1, -0.05) is 45.8 Å². The normalized spacial score (nSPS) is 12.7. The van der Waals surface area contributed by atoms with Crippen molar-refractivity contribution in [1.29, 1.82) is 0 Å². The third kappa shape index (κ3) is 2.93.